The molecule has 0 nitrogen and oxygen atoms in total. The quantitative estimate of drug-likeness (QED) is 0.239. The number of alkyl halides is 1. The van der Waals surface area contributed by atoms with Crippen LogP contribution in [0.15, 0.2) is 0 Å². The molecule has 0 aromatic rings. The Bertz CT molecular complexity index is 196. The van der Waals surface area contributed by atoms with Crippen molar-refractivity contribution in [1.29, 1.82) is 0 Å². The zero-order valence-electron chi connectivity index (χ0n) is 13.8. The van der Waals surface area contributed by atoms with E-state index in [1.54, 1.807) is 0 Å². The van der Waals surface area contributed by atoms with E-state index in [1.165, 1.54) is 102 Å². The molecule has 0 radical (unpaired) electrons. The van der Waals surface area contributed by atoms with Crippen LogP contribution in [-0.4, -0.2) is 5.33 Å². The van der Waals surface area contributed by atoms with Crippen molar-refractivity contribution in [2.24, 2.45) is 11.8 Å². The summed E-state index contributed by atoms with van der Waals surface area (Å²) in [7, 11) is 0. The Labute approximate surface area is 136 Å². The zero-order chi connectivity index (χ0) is 14.5. The lowest BCUT2D eigenvalue weighted by Gasteiger charge is -2.20. The molecule has 0 N–H and O–H groups in total. The van der Waals surface area contributed by atoms with Crippen LogP contribution in [0.1, 0.15) is 103 Å². The summed E-state index contributed by atoms with van der Waals surface area (Å²) in [6.45, 7) is 2.30. The van der Waals surface area contributed by atoms with E-state index in [-0.39, 0.29) is 0 Å². The molecule has 0 aliphatic heterocycles. The van der Waals surface area contributed by atoms with Crippen LogP contribution in [-0.2, 0) is 0 Å². The number of rotatable bonds is 13. The highest BCUT2D eigenvalue weighted by molar-refractivity contribution is 9.09. The maximum absolute atomic E-state index is 3.75. The van der Waals surface area contributed by atoms with Gasteiger partial charge in [0, 0.05) is 5.33 Å². The van der Waals surface area contributed by atoms with Gasteiger partial charge >= 0.3 is 0 Å². The van der Waals surface area contributed by atoms with Crippen molar-refractivity contribution in [2.75, 3.05) is 5.33 Å². The predicted molar refractivity (Wildman–Crippen MR) is 95.7 cm³/mol. The minimum atomic E-state index is 0.978. The lowest BCUT2D eigenvalue weighted by Crippen LogP contribution is -2.13. The molecule has 1 atom stereocenters. The van der Waals surface area contributed by atoms with Crippen molar-refractivity contribution in [1.82, 2.24) is 0 Å². The number of hydrogen-bond donors (Lipinski definition) is 0. The molecule has 1 unspecified atom stereocenters. The molecule has 1 saturated carbocycles. The third-order valence-corrected chi connectivity index (χ3v) is 6.02. The molecule has 0 spiro atoms. The van der Waals surface area contributed by atoms with Crippen LogP contribution >= 0.6 is 15.9 Å². The summed E-state index contributed by atoms with van der Waals surface area (Å²) >= 11 is 3.75. The minimum absolute atomic E-state index is 0.978. The SMILES string of the molecule is CCCCCCCCCCCCC(CBr)C1CCCC1. The van der Waals surface area contributed by atoms with E-state index in [2.05, 4.69) is 22.9 Å². The molecule has 120 valence electrons. The Hall–Kier alpha value is 0.480. The summed E-state index contributed by atoms with van der Waals surface area (Å²) in [6, 6.07) is 0. The molecule has 0 heterocycles. The largest absolute Gasteiger partial charge is 0.0925 e. The van der Waals surface area contributed by atoms with Gasteiger partial charge in [-0.2, -0.15) is 0 Å². The second-order valence-electron chi connectivity index (χ2n) is 6.93. The first-order valence-corrected chi connectivity index (χ1v) is 10.6. The van der Waals surface area contributed by atoms with Crippen LogP contribution < -0.4 is 0 Å². The average Bonchev–Trinajstić information content (AvgIpc) is 2.99. The van der Waals surface area contributed by atoms with Gasteiger partial charge in [0.05, 0.1) is 0 Å². The normalized spacial score (nSPS) is 17.7. The first-order chi connectivity index (χ1) is 9.88. The van der Waals surface area contributed by atoms with Crippen LogP contribution in [0.4, 0.5) is 0 Å². The minimum Gasteiger partial charge on any atom is -0.0925 e. The number of unbranched alkanes of at least 4 members (excludes halogenated alkanes) is 9. The molecule has 1 aliphatic carbocycles. The maximum Gasteiger partial charge on any atom is 0.00623 e. The van der Waals surface area contributed by atoms with Gasteiger partial charge in [-0.3, -0.25) is 0 Å². The summed E-state index contributed by atoms with van der Waals surface area (Å²) in [6.07, 6.45) is 22.1. The fourth-order valence-corrected chi connectivity index (χ4v) is 4.61. The van der Waals surface area contributed by atoms with Crippen molar-refractivity contribution in [3.63, 3.8) is 0 Å². The monoisotopic (exact) mass is 344 g/mol. The summed E-state index contributed by atoms with van der Waals surface area (Å²) in [5.74, 6) is 2.03. The summed E-state index contributed by atoms with van der Waals surface area (Å²) in [4.78, 5) is 0. The number of hydrogen-bond acceptors (Lipinski definition) is 0. The molecule has 0 saturated heterocycles. The van der Waals surface area contributed by atoms with Gasteiger partial charge in [-0.05, 0) is 18.3 Å². The molecule has 0 aromatic carbocycles. The van der Waals surface area contributed by atoms with Crippen molar-refractivity contribution >= 4 is 15.9 Å². The first-order valence-electron chi connectivity index (χ1n) is 9.44. The van der Waals surface area contributed by atoms with E-state index in [0.29, 0.717) is 0 Å². The van der Waals surface area contributed by atoms with Crippen molar-refractivity contribution < 1.29 is 0 Å². The Morgan fingerprint density at radius 1 is 0.800 bits per heavy atom. The first kappa shape index (κ1) is 18.5. The average molecular weight is 345 g/mol. The molecule has 0 amide bonds. The van der Waals surface area contributed by atoms with E-state index in [4.69, 9.17) is 0 Å². The lowest BCUT2D eigenvalue weighted by atomic mass is 9.88. The van der Waals surface area contributed by atoms with Crippen LogP contribution in [0.25, 0.3) is 0 Å². The number of halogens is 1. The van der Waals surface area contributed by atoms with Crippen molar-refractivity contribution in [3.05, 3.63) is 0 Å². The standard InChI is InChI=1S/C19H37Br/c1-2-3-4-5-6-7-8-9-10-11-16-19(17-20)18-14-12-13-15-18/h18-19H,2-17H2,1H3. The van der Waals surface area contributed by atoms with Gasteiger partial charge in [0.15, 0.2) is 0 Å². The summed E-state index contributed by atoms with van der Waals surface area (Å²) in [5, 5.41) is 1.25. The summed E-state index contributed by atoms with van der Waals surface area (Å²) in [5.41, 5.74) is 0. The van der Waals surface area contributed by atoms with Gasteiger partial charge in [0.25, 0.3) is 0 Å². The lowest BCUT2D eigenvalue weighted by molar-refractivity contribution is 0.341. The molecular formula is C19H37Br. The molecule has 0 bridgehead atoms. The van der Waals surface area contributed by atoms with E-state index in [0.717, 1.165) is 11.8 Å². The maximum atomic E-state index is 3.75. The van der Waals surface area contributed by atoms with Crippen LogP contribution in [0.2, 0.25) is 0 Å². The highest BCUT2D eigenvalue weighted by Gasteiger charge is 2.23. The van der Waals surface area contributed by atoms with E-state index in [9.17, 15) is 0 Å². The topological polar surface area (TPSA) is 0 Å². The third-order valence-electron chi connectivity index (χ3n) is 5.19. The molecule has 20 heavy (non-hydrogen) atoms. The Morgan fingerprint density at radius 3 is 1.80 bits per heavy atom. The molecule has 1 aliphatic rings. The highest BCUT2D eigenvalue weighted by Crippen LogP contribution is 2.35. The molecule has 0 aromatic heterocycles. The van der Waals surface area contributed by atoms with Crippen molar-refractivity contribution in [3.8, 4) is 0 Å². The molecular weight excluding hydrogens is 308 g/mol. The zero-order valence-corrected chi connectivity index (χ0v) is 15.4. The van der Waals surface area contributed by atoms with Crippen LogP contribution in [0.5, 0.6) is 0 Å². The Balaban J connectivity index is 1.85. The van der Waals surface area contributed by atoms with E-state index >= 15 is 0 Å². The van der Waals surface area contributed by atoms with Gasteiger partial charge in [-0.25, -0.2) is 0 Å². The molecule has 1 fully saturated rings. The molecule has 1 heteroatoms. The fraction of sp³-hybridized carbons (Fsp3) is 1.00. The molecule has 1 rings (SSSR count). The van der Waals surface area contributed by atoms with E-state index in [1.807, 2.05) is 0 Å². The van der Waals surface area contributed by atoms with Gasteiger partial charge < -0.3 is 0 Å². The highest BCUT2D eigenvalue weighted by atomic mass is 79.9. The second kappa shape index (κ2) is 13.2. The third kappa shape index (κ3) is 8.70. The smallest absolute Gasteiger partial charge is 0.00623 e. The van der Waals surface area contributed by atoms with Gasteiger partial charge in [0.2, 0.25) is 0 Å². The summed E-state index contributed by atoms with van der Waals surface area (Å²) < 4.78 is 0. The fourth-order valence-electron chi connectivity index (χ4n) is 3.76. The van der Waals surface area contributed by atoms with Crippen LogP contribution in [0.3, 0.4) is 0 Å². The van der Waals surface area contributed by atoms with Crippen molar-refractivity contribution in [2.45, 2.75) is 103 Å². The predicted octanol–water partition coefficient (Wildman–Crippen LogP) is 7.50. The van der Waals surface area contributed by atoms with Gasteiger partial charge in [-0.15, -0.1) is 0 Å². The van der Waals surface area contributed by atoms with Gasteiger partial charge in [-0.1, -0.05) is 113 Å². The Morgan fingerprint density at radius 2 is 1.30 bits per heavy atom. The second-order valence-corrected chi connectivity index (χ2v) is 7.58. The van der Waals surface area contributed by atoms with Crippen LogP contribution in [0, 0.1) is 11.8 Å². The van der Waals surface area contributed by atoms with E-state index < -0.39 is 0 Å². The van der Waals surface area contributed by atoms with Gasteiger partial charge in [0.1, 0.15) is 0 Å². The Kier molecular flexibility index (Phi) is 12.2.